The molecule has 1 saturated heterocycles. The van der Waals surface area contributed by atoms with Gasteiger partial charge in [-0.25, -0.2) is 4.79 Å². The minimum absolute atomic E-state index is 0.0352. The second-order valence-corrected chi connectivity index (χ2v) is 12.5. The Morgan fingerprint density at radius 1 is 0.745 bits per heavy atom. The molecular weight excluding hydrogens is 678 g/mol. The topological polar surface area (TPSA) is 328 Å². The molecule has 1 heterocycles. The molecule has 288 valence electrons. The van der Waals surface area contributed by atoms with Crippen LogP contribution in [-0.2, 0) is 43.2 Å². The average molecular weight is 730 g/mol. The molecule has 0 radical (unpaired) electrons. The van der Waals surface area contributed by atoms with E-state index in [2.05, 4.69) is 37.2 Å². The van der Waals surface area contributed by atoms with Crippen molar-refractivity contribution in [2.75, 3.05) is 32.8 Å². The molecular formula is C30H51N9O12. The quantitative estimate of drug-likeness (QED) is 0.0557. The zero-order valence-corrected chi connectivity index (χ0v) is 29.3. The van der Waals surface area contributed by atoms with Crippen molar-refractivity contribution in [1.29, 1.82) is 0 Å². The molecule has 0 aromatic carbocycles. The van der Waals surface area contributed by atoms with Gasteiger partial charge in [-0.2, -0.15) is 0 Å². The van der Waals surface area contributed by atoms with E-state index in [0.29, 0.717) is 6.42 Å². The van der Waals surface area contributed by atoms with Crippen molar-refractivity contribution in [1.82, 2.24) is 42.1 Å². The number of aliphatic hydroxyl groups is 2. The number of nitrogens with zero attached hydrogens (tertiary/aromatic N) is 1. The molecule has 1 aliphatic heterocycles. The lowest BCUT2D eigenvalue weighted by molar-refractivity contribution is -0.145. The second-order valence-electron chi connectivity index (χ2n) is 12.5. The monoisotopic (exact) mass is 729 g/mol. The van der Waals surface area contributed by atoms with Gasteiger partial charge in [-0.3, -0.25) is 38.4 Å². The van der Waals surface area contributed by atoms with E-state index >= 15 is 0 Å². The van der Waals surface area contributed by atoms with Gasteiger partial charge in [0.15, 0.2) is 0 Å². The van der Waals surface area contributed by atoms with Gasteiger partial charge in [0.05, 0.1) is 38.4 Å². The standard InChI is InChI=1S/C30H51N9O12/c1-14(2)9-18(36-22(43)12-33-25(45)15(3)31)26(46)34-10-21(42)32-11-23(44)38-24(17(5)41)28(48)35-16(4)29(49)39-8-6-7-20(39)27(47)37-19(13-40)30(50)51/h14-20,24,40-41H,6-13,31H2,1-5H3,(H,32,42)(H,33,45)(H,34,46)(H,35,48)(H,36,43)(H,37,47)(H,38,44)(H,50,51)/t15-,16-,17+,18-,19-,20-,24-/m0/s1. The Hall–Kier alpha value is -4.89. The molecule has 0 aromatic rings. The SMILES string of the molecule is CC(C)C[C@H](NC(=O)CNC(=O)[C@H](C)N)C(=O)NCC(=O)NCC(=O)N[C@H](C(=O)N[C@@H](C)C(=O)N1CCC[C@H]1C(=O)N[C@@H](CO)C(=O)O)[C@@H](C)O. The van der Waals surface area contributed by atoms with E-state index in [9.17, 15) is 53.4 Å². The van der Waals surface area contributed by atoms with Gasteiger partial charge in [0.2, 0.25) is 47.3 Å². The first-order valence-electron chi connectivity index (χ1n) is 16.4. The van der Waals surface area contributed by atoms with Crippen molar-refractivity contribution in [3.05, 3.63) is 0 Å². The van der Waals surface area contributed by atoms with Crippen molar-refractivity contribution in [2.24, 2.45) is 11.7 Å². The third kappa shape index (κ3) is 15.3. The number of rotatable bonds is 20. The number of nitrogens with two attached hydrogens (primary N) is 1. The Labute approximate surface area is 294 Å². The van der Waals surface area contributed by atoms with E-state index in [0.717, 1.165) is 4.90 Å². The van der Waals surface area contributed by atoms with Gasteiger partial charge in [-0.05, 0) is 46.0 Å². The Morgan fingerprint density at radius 3 is 1.86 bits per heavy atom. The summed E-state index contributed by atoms with van der Waals surface area (Å²) in [6, 6.07) is -7.30. The van der Waals surface area contributed by atoms with Gasteiger partial charge in [0, 0.05) is 6.54 Å². The maximum absolute atomic E-state index is 13.1. The summed E-state index contributed by atoms with van der Waals surface area (Å²) in [7, 11) is 0. The number of aliphatic hydroxyl groups excluding tert-OH is 2. The van der Waals surface area contributed by atoms with Crippen molar-refractivity contribution >= 4 is 53.2 Å². The first kappa shape index (κ1) is 44.1. The third-order valence-corrected chi connectivity index (χ3v) is 7.51. The summed E-state index contributed by atoms with van der Waals surface area (Å²) < 4.78 is 0. The largest absolute Gasteiger partial charge is 0.480 e. The van der Waals surface area contributed by atoms with E-state index in [4.69, 9.17) is 10.8 Å². The van der Waals surface area contributed by atoms with Crippen molar-refractivity contribution in [3.8, 4) is 0 Å². The number of hydrogen-bond acceptors (Lipinski definition) is 12. The molecule has 1 fully saturated rings. The van der Waals surface area contributed by atoms with Crippen LogP contribution in [0.4, 0.5) is 0 Å². The highest BCUT2D eigenvalue weighted by atomic mass is 16.4. The number of carbonyl (C=O) groups is 9. The lowest BCUT2D eigenvalue weighted by Gasteiger charge is -2.29. The lowest BCUT2D eigenvalue weighted by Crippen LogP contribution is -2.59. The summed E-state index contributed by atoms with van der Waals surface area (Å²) in [5.41, 5.74) is 5.44. The summed E-state index contributed by atoms with van der Waals surface area (Å²) in [5.74, 6) is -7.55. The molecule has 7 atom stereocenters. The molecule has 12 N–H and O–H groups in total. The summed E-state index contributed by atoms with van der Waals surface area (Å²) in [4.78, 5) is 112. The van der Waals surface area contributed by atoms with Crippen LogP contribution in [0, 0.1) is 5.92 Å². The number of hydrogen-bond donors (Lipinski definition) is 11. The molecule has 21 nitrogen and oxygen atoms in total. The van der Waals surface area contributed by atoms with Gasteiger partial charge in [-0.15, -0.1) is 0 Å². The van der Waals surface area contributed by atoms with E-state index in [1.807, 2.05) is 0 Å². The van der Waals surface area contributed by atoms with Crippen LogP contribution in [-0.4, -0.2) is 149 Å². The fourth-order valence-corrected chi connectivity index (χ4v) is 4.81. The molecule has 0 unspecified atom stereocenters. The van der Waals surface area contributed by atoms with Crippen LogP contribution >= 0.6 is 0 Å². The maximum Gasteiger partial charge on any atom is 0.328 e. The molecule has 1 rings (SSSR count). The minimum atomic E-state index is -1.57. The van der Waals surface area contributed by atoms with Gasteiger partial charge in [-0.1, -0.05) is 13.8 Å². The van der Waals surface area contributed by atoms with Crippen LogP contribution in [0.5, 0.6) is 0 Å². The predicted octanol–water partition coefficient (Wildman–Crippen LogP) is -5.86. The van der Waals surface area contributed by atoms with Crippen LogP contribution in [0.2, 0.25) is 0 Å². The number of amides is 8. The summed E-state index contributed by atoms with van der Waals surface area (Å²) in [5, 5.41) is 44.6. The first-order valence-corrected chi connectivity index (χ1v) is 16.4. The maximum atomic E-state index is 13.1. The Morgan fingerprint density at radius 2 is 1.31 bits per heavy atom. The van der Waals surface area contributed by atoms with Crippen LogP contribution in [0.25, 0.3) is 0 Å². The zero-order chi connectivity index (χ0) is 39.0. The fourth-order valence-electron chi connectivity index (χ4n) is 4.81. The molecule has 51 heavy (non-hydrogen) atoms. The highest BCUT2D eigenvalue weighted by Gasteiger charge is 2.38. The first-order chi connectivity index (χ1) is 23.8. The van der Waals surface area contributed by atoms with Crippen LogP contribution in [0.1, 0.15) is 53.9 Å². The highest BCUT2D eigenvalue weighted by Crippen LogP contribution is 2.19. The normalized spacial score (nSPS) is 17.4. The molecule has 8 amide bonds. The van der Waals surface area contributed by atoms with E-state index < -0.39 is 122 Å². The molecule has 0 bridgehead atoms. The number of aliphatic carboxylic acids is 1. The van der Waals surface area contributed by atoms with Gasteiger partial charge in [0.1, 0.15) is 30.2 Å². The van der Waals surface area contributed by atoms with E-state index in [1.165, 1.54) is 20.8 Å². The van der Waals surface area contributed by atoms with Gasteiger partial charge >= 0.3 is 5.97 Å². The average Bonchev–Trinajstić information content (AvgIpc) is 3.55. The van der Waals surface area contributed by atoms with Crippen molar-refractivity contribution in [2.45, 2.75) is 96.2 Å². The number of carbonyl (C=O) groups excluding carboxylic acids is 8. The Bertz CT molecular complexity index is 1290. The summed E-state index contributed by atoms with van der Waals surface area (Å²) in [6.45, 7) is 5.17. The molecule has 1 aliphatic rings. The predicted molar refractivity (Wildman–Crippen MR) is 177 cm³/mol. The molecule has 0 spiro atoms. The van der Waals surface area contributed by atoms with Crippen LogP contribution < -0.4 is 43.0 Å². The van der Waals surface area contributed by atoms with Crippen LogP contribution in [0.15, 0.2) is 0 Å². The minimum Gasteiger partial charge on any atom is -0.480 e. The third-order valence-electron chi connectivity index (χ3n) is 7.51. The second kappa shape index (κ2) is 21.4. The van der Waals surface area contributed by atoms with E-state index in [1.54, 1.807) is 13.8 Å². The highest BCUT2D eigenvalue weighted by molar-refractivity contribution is 5.96. The van der Waals surface area contributed by atoms with E-state index in [-0.39, 0.29) is 25.3 Å². The Kier molecular flexibility index (Phi) is 18.5. The fraction of sp³-hybridized carbons (Fsp3) is 0.700. The molecule has 0 aliphatic carbocycles. The number of carboxylic acids is 1. The van der Waals surface area contributed by atoms with Gasteiger partial charge in [0.25, 0.3) is 0 Å². The number of nitrogens with one attached hydrogen (secondary N) is 7. The van der Waals surface area contributed by atoms with Crippen molar-refractivity contribution in [3.63, 3.8) is 0 Å². The number of likely N-dealkylation sites (tertiary alicyclic amines) is 1. The smallest absolute Gasteiger partial charge is 0.328 e. The molecule has 0 aromatic heterocycles. The Balaban J connectivity index is 2.68. The van der Waals surface area contributed by atoms with Crippen LogP contribution in [0.3, 0.4) is 0 Å². The number of carboxylic acid groups (broad SMARTS) is 1. The molecule has 0 saturated carbocycles. The summed E-state index contributed by atoms with van der Waals surface area (Å²) >= 11 is 0. The zero-order valence-electron chi connectivity index (χ0n) is 29.3. The lowest BCUT2D eigenvalue weighted by atomic mass is 10.0. The molecule has 21 heteroatoms. The van der Waals surface area contributed by atoms with Crippen molar-refractivity contribution < 1.29 is 58.5 Å². The van der Waals surface area contributed by atoms with Gasteiger partial charge < -0.3 is 63.2 Å². The summed E-state index contributed by atoms with van der Waals surface area (Å²) in [6.07, 6.45) is -0.624.